The van der Waals surface area contributed by atoms with Crippen molar-refractivity contribution in [2.45, 2.75) is 0 Å². The SMILES string of the molecule is COCC=CCOc1ccccc1C(N)=O. The third-order valence-electron chi connectivity index (χ3n) is 1.92. The molecular formula is C12H15NO3. The Bertz CT molecular complexity index is 374. The number of hydrogen-bond donors (Lipinski definition) is 1. The fraction of sp³-hybridized carbons (Fsp3) is 0.250. The van der Waals surface area contributed by atoms with E-state index in [9.17, 15) is 4.79 Å². The van der Waals surface area contributed by atoms with E-state index >= 15 is 0 Å². The molecule has 0 saturated carbocycles. The van der Waals surface area contributed by atoms with Crippen LogP contribution in [0.2, 0.25) is 0 Å². The molecule has 0 aliphatic heterocycles. The molecule has 16 heavy (non-hydrogen) atoms. The number of benzene rings is 1. The molecule has 0 atom stereocenters. The van der Waals surface area contributed by atoms with Crippen molar-refractivity contribution in [3.63, 3.8) is 0 Å². The van der Waals surface area contributed by atoms with Crippen molar-refractivity contribution in [2.24, 2.45) is 5.73 Å². The van der Waals surface area contributed by atoms with Crippen LogP contribution in [0.5, 0.6) is 5.75 Å². The summed E-state index contributed by atoms with van der Waals surface area (Å²) in [5.74, 6) is 0.00791. The Morgan fingerprint density at radius 1 is 1.31 bits per heavy atom. The summed E-state index contributed by atoms with van der Waals surface area (Å²) in [6, 6.07) is 6.88. The van der Waals surface area contributed by atoms with Crippen LogP contribution in [0.3, 0.4) is 0 Å². The average molecular weight is 221 g/mol. The highest BCUT2D eigenvalue weighted by atomic mass is 16.5. The number of carbonyl (C=O) groups excluding carboxylic acids is 1. The van der Waals surface area contributed by atoms with Crippen LogP contribution in [0.1, 0.15) is 10.4 Å². The van der Waals surface area contributed by atoms with E-state index in [-0.39, 0.29) is 0 Å². The van der Waals surface area contributed by atoms with Gasteiger partial charge in [-0.3, -0.25) is 4.79 Å². The first-order valence-electron chi connectivity index (χ1n) is 4.91. The molecule has 1 rings (SSSR count). The summed E-state index contributed by atoms with van der Waals surface area (Å²) in [4.78, 5) is 11.1. The van der Waals surface area contributed by atoms with Gasteiger partial charge >= 0.3 is 0 Å². The van der Waals surface area contributed by atoms with Gasteiger partial charge in [-0.2, -0.15) is 0 Å². The molecule has 1 amide bonds. The predicted molar refractivity (Wildman–Crippen MR) is 61.5 cm³/mol. The normalized spacial score (nSPS) is 10.6. The topological polar surface area (TPSA) is 61.6 Å². The number of para-hydroxylation sites is 1. The Morgan fingerprint density at radius 3 is 2.69 bits per heavy atom. The van der Waals surface area contributed by atoms with E-state index in [2.05, 4.69) is 0 Å². The first kappa shape index (κ1) is 12.3. The standard InChI is InChI=1S/C12H15NO3/c1-15-8-4-5-9-16-11-7-3-2-6-10(11)12(13)14/h2-7H,8-9H2,1H3,(H2,13,14). The maximum atomic E-state index is 11.1. The van der Waals surface area contributed by atoms with Crippen LogP contribution in [-0.2, 0) is 4.74 Å². The number of hydrogen-bond acceptors (Lipinski definition) is 3. The van der Waals surface area contributed by atoms with Crippen molar-refractivity contribution in [1.29, 1.82) is 0 Å². The maximum absolute atomic E-state index is 11.1. The van der Waals surface area contributed by atoms with Crippen LogP contribution in [-0.4, -0.2) is 26.2 Å². The Labute approximate surface area is 94.7 Å². The lowest BCUT2D eigenvalue weighted by Crippen LogP contribution is -2.12. The van der Waals surface area contributed by atoms with Crippen molar-refractivity contribution >= 4 is 5.91 Å². The maximum Gasteiger partial charge on any atom is 0.252 e. The number of amides is 1. The summed E-state index contributed by atoms with van der Waals surface area (Å²) in [6.07, 6.45) is 3.66. The fourth-order valence-electron chi connectivity index (χ4n) is 1.17. The van der Waals surface area contributed by atoms with Gasteiger partial charge in [-0.15, -0.1) is 0 Å². The van der Waals surface area contributed by atoms with Crippen LogP contribution in [0.25, 0.3) is 0 Å². The van der Waals surface area contributed by atoms with Gasteiger partial charge < -0.3 is 15.2 Å². The van der Waals surface area contributed by atoms with Crippen molar-refractivity contribution in [2.75, 3.05) is 20.3 Å². The summed E-state index contributed by atoms with van der Waals surface area (Å²) in [5.41, 5.74) is 5.60. The third-order valence-corrected chi connectivity index (χ3v) is 1.92. The molecule has 4 heteroatoms. The van der Waals surface area contributed by atoms with Crippen LogP contribution < -0.4 is 10.5 Å². The van der Waals surface area contributed by atoms with E-state index in [0.717, 1.165) is 0 Å². The van der Waals surface area contributed by atoms with Crippen LogP contribution in [0.4, 0.5) is 0 Å². The quantitative estimate of drug-likeness (QED) is 0.738. The molecule has 0 saturated heterocycles. The molecule has 2 N–H and O–H groups in total. The summed E-state index contributed by atoms with van der Waals surface area (Å²) < 4.78 is 10.2. The van der Waals surface area contributed by atoms with Gasteiger partial charge in [-0.25, -0.2) is 0 Å². The van der Waals surface area contributed by atoms with Gasteiger partial charge in [0.05, 0.1) is 12.2 Å². The highest BCUT2D eigenvalue weighted by Crippen LogP contribution is 2.16. The summed E-state index contributed by atoms with van der Waals surface area (Å²) >= 11 is 0. The molecule has 86 valence electrons. The molecule has 0 aromatic heterocycles. The molecule has 1 aromatic carbocycles. The first-order valence-corrected chi connectivity index (χ1v) is 4.91. The highest BCUT2D eigenvalue weighted by Gasteiger charge is 2.06. The van der Waals surface area contributed by atoms with E-state index in [1.807, 2.05) is 12.2 Å². The monoisotopic (exact) mass is 221 g/mol. The summed E-state index contributed by atoms with van der Waals surface area (Å²) in [7, 11) is 1.62. The lowest BCUT2D eigenvalue weighted by molar-refractivity contribution is 0.0997. The van der Waals surface area contributed by atoms with E-state index < -0.39 is 5.91 Å². The average Bonchev–Trinajstić information content (AvgIpc) is 2.29. The molecule has 1 aromatic rings. The van der Waals surface area contributed by atoms with Crippen molar-refractivity contribution in [1.82, 2.24) is 0 Å². The number of methoxy groups -OCH3 is 1. The van der Waals surface area contributed by atoms with Gasteiger partial charge in [0.2, 0.25) is 0 Å². The third kappa shape index (κ3) is 3.74. The fourth-order valence-corrected chi connectivity index (χ4v) is 1.17. The zero-order chi connectivity index (χ0) is 11.8. The lowest BCUT2D eigenvalue weighted by Gasteiger charge is -2.06. The molecule has 0 unspecified atom stereocenters. The molecule has 0 aliphatic rings. The van der Waals surface area contributed by atoms with E-state index in [4.69, 9.17) is 15.2 Å². The van der Waals surface area contributed by atoms with Crippen LogP contribution >= 0.6 is 0 Å². The number of rotatable bonds is 6. The molecule has 0 radical (unpaired) electrons. The smallest absolute Gasteiger partial charge is 0.252 e. The second-order valence-electron chi connectivity index (χ2n) is 3.10. The minimum atomic E-state index is -0.489. The summed E-state index contributed by atoms with van der Waals surface area (Å²) in [6.45, 7) is 0.925. The summed E-state index contributed by atoms with van der Waals surface area (Å²) in [5, 5.41) is 0. The molecule has 0 spiro atoms. The van der Waals surface area contributed by atoms with Gasteiger partial charge in [-0.1, -0.05) is 18.2 Å². The molecule has 0 bridgehead atoms. The van der Waals surface area contributed by atoms with Gasteiger partial charge in [0.25, 0.3) is 5.91 Å². The second-order valence-corrected chi connectivity index (χ2v) is 3.10. The molecule has 4 nitrogen and oxygen atoms in total. The number of nitrogens with two attached hydrogens (primary N) is 1. The van der Waals surface area contributed by atoms with E-state index in [1.54, 1.807) is 31.4 Å². The Morgan fingerprint density at radius 2 is 2.00 bits per heavy atom. The van der Waals surface area contributed by atoms with E-state index in [0.29, 0.717) is 24.5 Å². The largest absolute Gasteiger partial charge is 0.489 e. The van der Waals surface area contributed by atoms with Crippen molar-refractivity contribution < 1.29 is 14.3 Å². The van der Waals surface area contributed by atoms with Crippen molar-refractivity contribution in [3.8, 4) is 5.75 Å². The highest BCUT2D eigenvalue weighted by molar-refractivity contribution is 5.95. The van der Waals surface area contributed by atoms with Crippen LogP contribution in [0.15, 0.2) is 36.4 Å². The number of primary amides is 1. The second kappa shape index (κ2) is 6.63. The number of ether oxygens (including phenoxy) is 2. The van der Waals surface area contributed by atoms with E-state index in [1.165, 1.54) is 0 Å². The molecule has 0 fully saturated rings. The van der Waals surface area contributed by atoms with Crippen LogP contribution in [0, 0.1) is 0 Å². The van der Waals surface area contributed by atoms with Gasteiger partial charge in [0.15, 0.2) is 0 Å². The first-order chi connectivity index (χ1) is 7.75. The van der Waals surface area contributed by atoms with Gasteiger partial charge in [0.1, 0.15) is 12.4 Å². The van der Waals surface area contributed by atoms with Crippen molar-refractivity contribution in [3.05, 3.63) is 42.0 Å². The van der Waals surface area contributed by atoms with Gasteiger partial charge in [0, 0.05) is 7.11 Å². The zero-order valence-corrected chi connectivity index (χ0v) is 9.18. The minimum Gasteiger partial charge on any atom is -0.489 e. The Kier molecular flexibility index (Phi) is 5.08. The minimum absolute atomic E-state index is 0.383. The Hall–Kier alpha value is -1.81. The molecule has 0 heterocycles. The molecular weight excluding hydrogens is 206 g/mol. The molecule has 0 aliphatic carbocycles. The Balaban J connectivity index is 2.56. The number of carbonyl (C=O) groups is 1. The predicted octanol–water partition coefficient (Wildman–Crippen LogP) is 1.37. The zero-order valence-electron chi connectivity index (χ0n) is 9.18. The lowest BCUT2D eigenvalue weighted by atomic mass is 10.2. The van der Waals surface area contributed by atoms with Gasteiger partial charge in [-0.05, 0) is 18.2 Å².